The van der Waals surface area contributed by atoms with E-state index in [-0.39, 0.29) is 21.3 Å². The Hall–Kier alpha value is -0.250. The van der Waals surface area contributed by atoms with Gasteiger partial charge in [-0.2, -0.15) is 4.98 Å². The lowest BCUT2D eigenvalue weighted by molar-refractivity contribution is 0.396. The van der Waals surface area contributed by atoms with Gasteiger partial charge in [0, 0.05) is 0 Å². The SMILES string of the molecule is COc1nc(Cl)c(Cl)nc1Cl. The van der Waals surface area contributed by atoms with Crippen molar-refractivity contribution in [2.24, 2.45) is 0 Å². The highest BCUT2D eigenvalue weighted by Crippen LogP contribution is 2.25. The van der Waals surface area contributed by atoms with Crippen LogP contribution in [0.15, 0.2) is 0 Å². The molecule has 0 saturated heterocycles. The first-order chi connectivity index (χ1) is 5.15. The Bertz CT molecular complexity index is 279. The molecule has 0 fully saturated rings. The summed E-state index contributed by atoms with van der Waals surface area (Å²) in [5.41, 5.74) is 0. The van der Waals surface area contributed by atoms with E-state index in [4.69, 9.17) is 39.5 Å². The molecule has 0 bridgehead atoms. The number of nitrogens with zero attached hydrogens (tertiary/aromatic N) is 2. The predicted octanol–water partition coefficient (Wildman–Crippen LogP) is 2.45. The van der Waals surface area contributed by atoms with Crippen molar-refractivity contribution in [3.63, 3.8) is 0 Å². The Morgan fingerprint density at radius 3 is 2.09 bits per heavy atom. The molecule has 11 heavy (non-hydrogen) atoms. The molecule has 6 heteroatoms. The molecular formula is C5H3Cl3N2O. The lowest BCUT2D eigenvalue weighted by Crippen LogP contribution is -1.92. The van der Waals surface area contributed by atoms with Gasteiger partial charge in [-0.25, -0.2) is 4.98 Å². The van der Waals surface area contributed by atoms with E-state index in [0.29, 0.717) is 0 Å². The summed E-state index contributed by atoms with van der Waals surface area (Å²) in [6, 6.07) is 0. The second kappa shape index (κ2) is 3.43. The molecule has 0 N–H and O–H groups in total. The van der Waals surface area contributed by atoms with Gasteiger partial charge in [-0.1, -0.05) is 34.8 Å². The van der Waals surface area contributed by atoms with E-state index in [9.17, 15) is 0 Å². The molecule has 1 aromatic rings. The van der Waals surface area contributed by atoms with Crippen molar-refractivity contribution in [1.29, 1.82) is 0 Å². The van der Waals surface area contributed by atoms with Gasteiger partial charge < -0.3 is 4.74 Å². The van der Waals surface area contributed by atoms with Crippen molar-refractivity contribution in [2.45, 2.75) is 0 Å². The van der Waals surface area contributed by atoms with E-state index in [2.05, 4.69) is 9.97 Å². The van der Waals surface area contributed by atoms with Gasteiger partial charge in [0.1, 0.15) is 0 Å². The first-order valence-corrected chi connectivity index (χ1v) is 3.71. The fourth-order valence-corrected chi connectivity index (χ4v) is 0.984. The van der Waals surface area contributed by atoms with Crippen molar-refractivity contribution >= 4 is 34.8 Å². The summed E-state index contributed by atoms with van der Waals surface area (Å²) in [5, 5.41) is 0.243. The summed E-state index contributed by atoms with van der Waals surface area (Å²) in [6.45, 7) is 0. The second-order valence-corrected chi connectivity index (χ2v) is 2.68. The van der Waals surface area contributed by atoms with E-state index in [1.165, 1.54) is 7.11 Å². The van der Waals surface area contributed by atoms with Crippen LogP contribution in [0.3, 0.4) is 0 Å². The molecule has 0 aliphatic rings. The lowest BCUT2D eigenvalue weighted by Gasteiger charge is -2.00. The maximum atomic E-state index is 5.56. The lowest BCUT2D eigenvalue weighted by atomic mass is 10.7. The van der Waals surface area contributed by atoms with Gasteiger partial charge in [-0.15, -0.1) is 0 Å². The fraction of sp³-hybridized carbons (Fsp3) is 0.200. The van der Waals surface area contributed by atoms with Crippen LogP contribution in [0.4, 0.5) is 0 Å². The highest BCUT2D eigenvalue weighted by atomic mass is 35.5. The molecule has 0 unspecified atom stereocenters. The summed E-state index contributed by atoms with van der Waals surface area (Å²) < 4.78 is 4.73. The maximum absolute atomic E-state index is 5.56. The van der Waals surface area contributed by atoms with Gasteiger partial charge in [0.2, 0.25) is 0 Å². The van der Waals surface area contributed by atoms with Crippen molar-refractivity contribution in [3.8, 4) is 5.88 Å². The summed E-state index contributed by atoms with van der Waals surface area (Å²) in [7, 11) is 1.42. The Kier molecular flexibility index (Phi) is 2.76. The molecule has 0 atom stereocenters. The molecule has 0 spiro atoms. The molecule has 1 aromatic heterocycles. The zero-order valence-electron chi connectivity index (χ0n) is 5.44. The molecule has 3 nitrogen and oxygen atoms in total. The minimum absolute atomic E-state index is 0.0671. The molecule has 0 aromatic carbocycles. The summed E-state index contributed by atoms with van der Waals surface area (Å²) in [5.74, 6) is 0.168. The van der Waals surface area contributed by atoms with Gasteiger partial charge in [0.05, 0.1) is 7.11 Å². The highest BCUT2D eigenvalue weighted by Gasteiger charge is 2.08. The maximum Gasteiger partial charge on any atom is 0.253 e. The van der Waals surface area contributed by atoms with Crippen molar-refractivity contribution < 1.29 is 4.74 Å². The van der Waals surface area contributed by atoms with Crippen molar-refractivity contribution in [1.82, 2.24) is 9.97 Å². The van der Waals surface area contributed by atoms with Gasteiger partial charge in [0.25, 0.3) is 5.88 Å². The number of hydrogen-bond donors (Lipinski definition) is 0. The molecule has 0 saturated carbocycles. The second-order valence-electron chi connectivity index (χ2n) is 1.61. The number of methoxy groups -OCH3 is 1. The average molecular weight is 213 g/mol. The van der Waals surface area contributed by atoms with Gasteiger partial charge >= 0.3 is 0 Å². The molecule has 60 valence electrons. The molecule has 1 rings (SSSR count). The fourth-order valence-electron chi connectivity index (χ4n) is 0.491. The first kappa shape index (κ1) is 8.84. The van der Waals surface area contributed by atoms with Crippen LogP contribution in [-0.4, -0.2) is 17.1 Å². The van der Waals surface area contributed by atoms with Crippen LogP contribution >= 0.6 is 34.8 Å². The van der Waals surface area contributed by atoms with Crippen molar-refractivity contribution in [3.05, 3.63) is 15.5 Å². The highest BCUT2D eigenvalue weighted by molar-refractivity contribution is 6.41. The molecule has 0 radical (unpaired) electrons. The Balaban J connectivity index is 3.21. The van der Waals surface area contributed by atoms with E-state index < -0.39 is 0 Å². The number of ether oxygens (including phenoxy) is 1. The topological polar surface area (TPSA) is 35.0 Å². The quantitative estimate of drug-likeness (QED) is 0.719. The van der Waals surface area contributed by atoms with Crippen LogP contribution in [0.25, 0.3) is 0 Å². The Morgan fingerprint density at radius 2 is 1.55 bits per heavy atom. The van der Waals surface area contributed by atoms with Crippen LogP contribution in [0.1, 0.15) is 0 Å². The minimum atomic E-state index is 0.0671. The van der Waals surface area contributed by atoms with E-state index in [0.717, 1.165) is 0 Å². The first-order valence-electron chi connectivity index (χ1n) is 2.57. The zero-order chi connectivity index (χ0) is 8.43. The molecule has 1 heterocycles. The number of halogens is 3. The third-order valence-electron chi connectivity index (χ3n) is 0.936. The van der Waals surface area contributed by atoms with Crippen LogP contribution in [-0.2, 0) is 0 Å². The van der Waals surface area contributed by atoms with Crippen LogP contribution in [0.2, 0.25) is 15.5 Å². The van der Waals surface area contributed by atoms with Gasteiger partial charge in [0.15, 0.2) is 15.5 Å². The van der Waals surface area contributed by atoms with E-state index in [1.54, 1.807) is 0 Å². The Labute approximate surface area is 78.3 Å². The molecule has 0 aliphatic carbocycles. The normalized spacial score (nSPS) is 9.82. The smallest absolute Gasteiger partial charge is 0.253 e. The average Bonchev–Trinajstić information content (AvgIpc) is 1.97. The summed E-state index contributed by atoms with van der Waals surface area (Å²) in [4.78, 5) is 7.36. The summed E-state index contributed by atoms with van der Waals surface area (Å²) in [6.07, 6.45) is 0. The van der Waals surface area contributed by atoms with E-state index in [1.807, 2.05) is 0 Å². The molecule has 0 amide bonds. The monoisotopic (exact) mass is 212 g/mol. The van der Waals surface area contributed by atoms with E-state index >= 15 is 0 Å². The number of rotatable bonds is 1. The third-order valence-corrected chi connectivity index (χ3v) is 1.81. The van der Waals surface area contributed by atoms with Crippen LogP contribution in [0, 0.1) is 0 Å². The van der Waals surface area contributed by atoms with Crippen LogP contribution in [0.5, 0.6) is 5.88 Å². The molecule has 0 aliphatic heterocycles. The number of aromatic nitrogens is 2. The zero-order valence-corrected chi connectivity index (χ0v) is 7.70. The van der Waals surface area contributed by atoms with Crippen LogP contribution < -0.4 is 4.74 Å². The largest absolute Gasteiger partial charge is 0.479 e. The third kappa shape index (κ3) is 1.86. The predicted molar refractivity (Wildman–Crippen MR) is 43.6 cm³/mol. The van der Waals surface area contributed by atoms with Crippen molar-refractivity contribution in [2.75, 3.05) is 7.11 Å². The minimum Gasteiger partial charge on any atom is -0.479 e. The Morgan fingerprint density at radius 1 is 1.00 bits per heavy atom. The standard InChI is InChI=1S/C5H3Cl3N2O/c1-11-5-4(8)9-2(6)3(7)10-5/h1H3. The molecular weight excluding hydrogens is 210 g/mol. The summed E-state index contributed by atoms with van der Waals surface area (Å²) >= 11 is 16.6. The van der Waals surface area contributed by atoms with Gasteiger partial charge in [-0.05, 0) is 0 Å². The number of hydrogen-bond acceptors (Lipinski definition) is 3. The van der Waals surface area contributed by atoms with Gasteiger partial charge in [-0.3, -0.25) is 0 Å².